The molecular weight excluding hydrogens is 374 g/mol. The van der Waals surface area contributed by atoms with Crippen LogP contribution < -0.4 is 19.5 Å². The molecule has 7 heteroatoms. The number of nitrogens with one attached hydrogen (secondary N) is 1. The Bertz CT molecular complexity index is 1020. The van der Waals surface area contributed by atoms with Gasteiger partial charge in [0, 0.05) is 11.8 Å². The second-order valence-electron chi connectivity index (χ2n) is 6.08. The molecule has 3 aromatic carbocycles. The lowest BCUT2D eigenvalue weighted by Gasteiger charge is -2.11. The molecule has 150 valence electrons. The monoisotopic (exact) mass is 395 g/mol. The van der Waals surface area contributed by atoms with Crippen LogP contribution >= 0.6 is 0 Å². The number of esters is 1. The molecule has 1 N–H and O–H groups in total. The molecule has 29 heavy (non-hydrogen) atoms. The molecule has 0 unspecified atom stereocenters. The number of ether oxygens (including phenoxy) is 4. The summed E-state index contributed by atoms with van der Waals surface area (Å²) in [6.07, 6.45) is 0. The van der Waals surface area contributed by atoms with E-state index in [9.17, 15) is 9.59 Å². The van der Waals surface area contributed by atoms with Crippen LogP contribution in [-0.2, 0) is 14.3 Å². The average molecular weight is 395 g/mol. The first kappa shape index (κ1) is 20.0. The van der Waals surface area contributed by atoms with E-state index in [4.69, 9.17) is 18.9 Å². The highest BCUT2D eigenvalue weighted by Gasteiger charge is 2.11. The van der Waals surface area contributed by atoms with Gasteiger partial charge >= 0.3 is 5.97 Å². The number of benzene rings is 3. The van der Waals surface area contributed by atoms with E-state index in [0.29, 0.717) is 22.9 Å². The van der Waals surface area contributed by atoms with Crippen LogP contribution in [0, 0.1) is 0 Å². The Balaban J connectivity index is 1.46. The number of fused-ring (bicyclic) bond motifs is 1. The summed E-state index contributed by atoms with van der Waals surface area (Å²) in [5, 5.41) is 4.71. The molecule has 0 saturated carbocycles. The molecule has 0 aliphatic carbocycles. The van der Waals surface area contributed by atoms with E-state index in [1.54, 1.807) is 24.3 Å². The highest BCUT2D eigenvalue weighted by atomic mass is 16.6. The van der Waals surface area contributed by atoms with E-state index in [2.05, 4.69) is 5.32 Å². The Kier molecular flexibility index (Phi) is 6.52. The van der Waals surface area contributed by atoms with Gasteiger partial charge < -0.3 is 24.3 Å². The van der Waals surface area contributed by atoms with Crippen molar-refractivity contribution in [2.45, 2.75) is 0 Å². The van der Waals surface area contributed by atoms with Crippen LogP contribution in [0.3, 0.4) is 0 Å². The summed E-state index contributed by atoms with van der Waals surface area (Å²) in [5.74, 6) is 0.459. The molecule has 0 aliphatic heterocycles. The third kappa shape index (κ3) is 5.38. The van der Waals surface area contributed by atoms with Gasteiger partial charge in [-0.05, 0) is 35.0 Å². The molecule has 1 amide bonds. The summed E-state index contributed by atoms with van der Waals surface area (Å²) in [6, 6.07) is 18.3. The van der Waals surface area contributed by atoms with Crippen LogP contribution in [0.1, 0.15) is 0 Å². The van der Waals surface area contributed by atoms with Crippen LogP contribution in [0.2, 0.25) is 0 Å². The van der Waals surface area contributed by atoms with Crippen LogP contribution in [0.15, 0.2) is 60.7 Å². The number of rotatable bonds is 8. The molecule has 0 aliphatic rings. The maximum absolute atomic E-state index is 12.0. The molecule has 0 saturated heterocycles. The molecule has 3 rings (SSSR count). The molecule has 0 atom stereocenters. The maximum atomic E-state index is 12.0. The van der Waals surface area contributed by atoms with Crippen molar-refractivity contribution in [1.29, 1.82) is 0 Å². The maximum Gasteiger partial charge on any atom is 0.344 e. The number of carbonyl (C=O) groups excluding carboxylic acids is 2. The summed E-state index contributed by atoms with van der Waals surface area (Å²) in [5.41, 5.74) is 0.496. The lowest BCUT2D eigenvalue weighted by molar-refractivity contribution is -0.149. The number of methoxy groups -OCH3 is 2. The SMILES string of the molecule is COc1ccc(NC(=O)COC(=O)COc2ccc3ccccc3c2)cc1OC. The zero-order valence-electron chi connectivity index (χ0n) is 16.1. The van der Waals surface area contributed by atoms with Gasteiger partial charge in [0.1, 0.15) is 5.75 Å². The topological polar surface area (TPSA) is 83.1 Å². The van der Waals surface area contributed by atoms with Crippen molar-refractivity contribution in [3.8, 4) is 17.2 Å². The minimum atomic E-state index is -0.638. The molecular formula is C22H21NO6. The molecule has 0 spiro atoms. The summed E-state index contributed by atoms with van der Waals surface area (Å²) in [7, 11) is 3.02. The van der Waals surface area contributed by atoms with Gasteiger partial charge in [-0.1, -0.05) is 30.3 Å². The third-order valence-electron chi connectivity index (χ3n) is 4.11. The van der Waals surface area contributed by atoms with Crippen molar-refractivity contribution in [2.24, 2.45) is 0 Å². The molecule has 0 fully saturated rings. The minimum Gasteiger partial charge on any atom is -0.493 e. The number of anilines is 1. The number of carbonyl (C=O) groups is 2. The first-order chi connectivity index (χ1) is 14.1. The summed E-state index contributed by atoms with van der Waals surface area (Å²) >= 11 is 0. The predicted octanol–water partition coefficient (Wildman–Crippen LogP) is 3.42. The van der Waals surface area contributed by atoms with Gasteiger partial charge in [-0.3, -0.25) is 4.79 Å². The van der Waals surface area contributed by atoms with Crippen molar-refractivity contribution >= 4 is 28.3 Å². The first-order valence-corrected chi connectivity index (χ1v) is 8.88. The fourth-order valence-electron chi connectivity index (χ4n) is 2.70. The highest BCUT2D eigenvalue weighted by Crippen LogP contribution is 2.29. The van der Waals surface area contributed by atoms with E-state index < -0.39 is 18.5 Å². The lowest BCUT2D eigenvalue weighted by Crippen LogP contribution is -2.23. The van der Waals surface area contributed by atoms with Crippen molar-refractivity contribution in [2.75, 3.05) is 32.8 Å². The quantitative estimate of drug-likeness (QED) is 0.589. The zero-order valence-corrected chi connectivity index (χ0v) is 16.1. The Labute approximate surface area is 168 Å². The predicted molar refractivity (Wildman–Crippen MR) is 109 cm³/mol. The van der Waals surface area contributed by atoms with Crippen molar-refractivity contribution in [3.63, 3.8) is 0 Å². The summed E-state index contributed by atoms with van der Waals surface area (Å²) in [6.45, 7) is -0.712. The van der Waals surface area contributed by atoms with Gasteiger partial charge in [0.15, 0.2) is 24.7 Å². The Morgan fingerprint density at radius 1 is 0.828 bits per heavy atom. The van der Waals surface area contributed by atoms with Gasteiger partial charge in [-0.15, -0.1) is 0 Å². The van der Waals surface area contributed by atoms with Crippen LogP contribution in [0.4, 0.5) is 5.69 Å². The van der Waals surface area contributed by atoms with Crippen molar-refractivity contribution < 1.29 is 28.5 Å². The van der Waals surface area contributed by atoms with Crippen molar-refractivity contribution in [3.05, 3.63) is 60.7 Å². The fraction of sp³-hybridized carbons (Fsp3) is 0.182. The third-order valence-corrected chi connectivity index (χ3v) is 4.11. The van der Waals surface area contributed by atoms with Gasteiger partial charge in [0.2, 0.25) is 0 Å². The van der Waals surface area contributed by atoms with Gasteiger partial charge in [-0.25, -0.2) is 4.79 Å². The molecule has 7 nitrogen and oxygen atoms in total. The van der Waals surface area contributed by atoms with Crippen molar-refractivity contribution in [1.82, 2.24) is 0 Å². The smallest absolute Gasteiger partial charge is 0.344 e. The standard InChI is InChI=1S/C22H21NO6/c1-26-19-10-8-17(12-20(19)27-2)23-21(24)13-29-22(25)14-28-18-9-7-15-5-3-4-6-16(15)11-18/h3-12H,13-14H2,1-2H3,(H,23,24). The van der Waals surface area contributed by atoms with Gasteiger partial charge in [0.05, 0.1) is 14.2 Å². The Morgan fingerprint density at radius 2 is 1.59 bits per heavy atom. The molecule has 0 heterocycles. The second kappa shape index (κ2) is 9.45. The number of hydrogen-bond donors (Lipinski definition) is 1. The van der Waals surface area contributed by atoms with E-state index in [-0.39, 0.29) is 6.61 Å². The van der Waals surface area contributed by atoms with Gasteiger partial charge in [-0.2, -0.15) is 0 Å². The second-order valence-corrected chi connectivity index (χ2v) is 6.08. The zero-order chi connectivity index (χ0) is 20.6. The number of hydrogen-bond acceptors (Lipinski definition) is 6. The first-order valence-electron chi connectivity index (χ1n) is 8.88. The normalized spacial score (nSPS) is 10.3. The fourth-order valence-corrected chi connectivity index (χ4v) is 2.70. The van der Waals surface area contributed by atoms with E-state index >= 15 is 0 Å². The Morgan fingerprint density at radius 3 is 2.34 bits per heavy atom. The Hall–Kier alpha value is -3.74. The average Bonchev–Trinajstić information content (AvgIpc) is 2.76. The lowest BCUT2D eigenvalue weighted by atomic mass is 10.1. The van der Waals surface area contributed by atoms with Gasteiger partial charge in [0.25, 0.3) is 5.91 Å². The highest BCUT2D eigenvalue weighted by molar-refractivity contribution is 5.93. The van der Waals surface area contributed by atoms with Crippen LogP contribution in [0.25, 0.3) is 10.8 Å². The van der Waals surface area contributed by atoms with Crippen LogP contribution in [-0.4, -0.2) is 39.3 Å². The summed E-state index contributed by atoms with van der Waals surface area (Å²) in [4.78, 5) is 23.8. The molecule has 0 aromatic heterocycles. The minimum absolute atomic E-state index is 0.290. The van der Waals surface area contributed by atoms with E-state index in [0.717, 1.165) is 10.8 Å². The van der Waals surface area contributed by atoms with E-state index in [1.807, 2.05) is 36.4 Å². The molecule has 3 aromatic rings. The molecule has 0 bridgehead atoms. The number of amides is 1. The van der Waals surface area contributed by atoms with E-state index in [1.165, 1.54) is 14.2 Å². The van der Waals surface area contributed by atoms with Crippen LogP contribution in [0.5, 0.6) is 17.2 Å². The molecule has 0 radical (unpaired) electrons. The largest absolute Gasteiger partial charge is 0.493 e. The summed E-state index contributed by atoms with van der Waals surface area (Å²) < 4.78 is 20.7.